The van der Waals surface area contributed by atoms with Crippen LogP contribution in [-0.2, 0) is 6.42 Å². The molecule has 1 aromatic carbocycles. The Kier molecular flexibility index (Phi) is 3.49. The molecule has 3 nitrogen and oxygen atoms in total. The number of halogens is 2. The molecule has 0 unspecified atom stereocenters. The van der Waals surface area contributed by atoms with Crippen molar-refractivity contribution < 1.29 is 5.11 Å². The molecule has 0 atom stereocenters. The van der Waals surface area contributed by atoms with Crippen LogP contribution in [0.3, 0.4) is 0 Å². The highest BCUT2D eigenvalue weighted by Crippen LogP contribution is 2.22. The van der Waals surface area contributed by atoms with Crippen LogP contribution in [0.15, 0.2) is 30.5 Å². The fourth-order valence-corrected chi connectivity index (χ4v) is 1.91. The zero-order valence-electron chi connectivity index (χ0n) is 8.40. The Morgan fingerprint density at radius 2 is 2.12 bits per heavy atom. The molecule has 0 amide bonds. The van der Waals surface area contributed by atoms with Gasteiger partial charge in [0.15, 0.2) is 0 Å². The van der Waals surface area contributed by atoms with Crippen molar-refractivity contribution in [2.45, 2.75) is 6.42 Å². The van der Waals surface area contributed by atoms with E-state index in [1.165, 1.54) is 0 Å². The van der Waals surface area contributed by atoms with Crippen LogP contribution < -0.4 is 0 Å². The lowest BCUT2D eigenvalue weighted by Gasteiger charge is -2.03. The number of aromatic nitrogens is 2. The van der Waals surface area contributed by atoms with Crippen LogP contribution in [0.1, 0.15) is 5.56 Å². The Labute approximate surface area is 103 Å². The molecule has 16 heavy (non-hydrogen) atoms. The molecule has 0 radical (unpaired) electrons. The number of benzene rings is 1. The van der Waals surface area contributed by atoms with Gasteiger partial charge in [-0.15, -0.1) is 0 Å². The first-order valence-corrected chi connectivity index (χ1v) is 5.57. The molecule has 0 spiro atoms. The largest absolute Gasteiger partial charge is 0.396 e. The third kappa shape index (κ3) is 2.21. The molecule has 5 heteroatoms. The van der Waals surface area contributed by atoms with Crippen LogP contribution in [0, 0.1) is 0 Å². The number of hydrogen-bond donors (Lipinski definition) is 1. The van der Waals surface area contributed by atoms with Gasteiger partial charge < -0.3 is 5.11 Å². The average Bonchev–Trinajstić information content (AvgIpc) is 2.61. The van der Waals surface area contributed by atoms with Crippen molar-refractivity contribution >= 4 is 23.2 Å². The summed E-state index contributed by atoms with van der Waals surface area (Å²) in [4.78, 5) is 0. The second-order valence-electron chi connectivity index (χ2n) is 3.33. The van der Waals surface area contributed by atoms with E-state index in [1.54, 1.807) is 23.0 Å². The molecule has 84 valence electrons. The monoisotopic (exact) mass is 256 g/mol. The second kappa shape index (κ2) is 4.87. The summed E-state index contributed by atoms with van der Waals surface area (Å²) in [5.74, 6) is 0. The van der Waals surface area contributed by atoms with Crippen LogP contribution in [0.2, 0.25) is 10.2 Å². The fraction of sp³-hybridized carbons (Fsp3) is 0.182. The Hall–Kier alpha value is -1.03. The number of aliphatic hydroxyl groups excluding tert-OH is 1. The van der Waals surface area contributed by atoms with Gasteiger partial charge in [0.05, 0.1) is 11.9 Å². The van der Waals surface area contributed by atoms with E-state index in [0.29, 0.717) is 16.6 Å². The molecule has 0 aliphatic heterocycles. The van der Waals surface area contributed by atoms with Gasteiger partial charge >= 0.3 is 0 Å². The van der Waals surface area contributed by atoms with E-state index in [1.807, 2.05) is 12.1 Å². The lowest BCUT2D eigenvalue weighted by atomic mass is 10.3. The highest BCUT2D eigenvalue weighted by Gasteiger charge is 2.09. The SMILES string of the molecule is OCCc1cnn(-c2cccc(Cl)c2)c1Cl. The van der Waals surface area contributed by atoms with E-state index < -0.39 is 0 Å². The molecule has 0 saturated heterocycles. The molecule has 2 rings (SSSR count). The summed E-state index contributed by atoms with van der Waals surface area (Å²) >= 11 is 12.0. The third-order valence-electron chi connectivity index (χ3n) is 2.21. The first-order chi connectivity index (χ1) is 7.72. The molecule has 0 aliphatic carbocycles. The summed E-state index contributed by atoms with van der Waals surface area (Å²) in [5, 5.41) is 14.2. The van der Waals surface area contributed by atoms with Gasteiger partial charge in [-0.2, -0.15) is 5.10 Å². The maximum absolute atomic E-state index is 8.85. The maximum atomic E-state index is 8.85. The van der Waals surface area contributed by atoms with Crippen molar-refractivity contribution in [2.75, 3.05) is 6.61 Å². The predicted octanol–water partition coefficient (Wildman–Crippen LogP) is 2.71. The van der Waals surface area contributed by atoms with Crippen molar-refractivity contribution in [3.63, 3.8) is 0 Å². The van der Waals surface area contributed by atoms with E-state index >= 15 is 0 Å². The molecular weight excluding hydrogens is 247 g/mol. The van der Waals surface area contributed by atoms with Gasteiger partial charge in [0.25, 0.3) is 0 Å². The number of rotatable bonds is 3. The standard InChI is InChI=1S/C11H10Cl2N2O/c12-9-2-1-3-10(6-9)15-11(13)8(4-5-16)7-14-15/h1-3,6-7,16H,4-5H2. The molecular formula is C11H10Cl2N2O. The Balaban J connectivity index is 2.41. The molecule has 2 aromatic rings. The Bertz CT molecular complexity index is 496. The number of hydrogen-bond acceptors (Lipinski definition) is 2. The zero-order valence-corrected chi connectivity index (χ0v) is 9.91. The van der Waals surface area contributed by atoms with Gasteiger partial charge in [0.2, 0.25) is 0 Å². The van der Waals surface area contributed by atoms with Crippen molar-refractivity contribution in [2.24, 2.45) is 0 Å². The topological polar surface area (TPSA) is 38.1 Å². The molecule has 0 saturated carbocycles. The Morgan fingerprint density at radius 3 is 2.81 bits per heavy atom. The van der Waals surface area contributed by atoms with Crippen LogP contribution in [0.5, 0.6) is 0 Å². The van der Waals surface area contributed by atoms with Crippen molar-refractivity contribution in [3.8, 4) is 5.69 Å². The van der Waals surface area contributed by atoms with E-state index in [4.69, 9.17) is 28.3 Å². The smallest absolute Gasteiger partial charge is 0.136 e. The van der Waals surface area contributed by atoms with Crippen LogP contribution in [0.25, 0.3) is 5.69 Å². The van der Waals surface area contributed by atoms with Crippen LogP contribution >= 0.6 is 23.2 Å². The van der Waals surface area contributed by atoms with Gasteiger partial charge in [-0.25, -0.2) is 4.68 Å². The molecule has 0 bridgehead atoms. The predicted molar refractivity (Wildman–Crippen MR) is 64.4 cm³/mol. The zero-order chi connectivity index (χ0) is 11.5. The third-order valence-corrected chi connectivity index (χ3v) is 2.85. The number of nitrogens with zero attached hydrogens (tertiary/aromatic N) is 2. The van der Waals surface area contributed by atoms with Gasteiger partial charge in [0, 0.05) is 23.6 Å². The lowest BCUT2D eigenvalue weighted by molar-refractivity contribution is 0.299. The summed E-state index contributed by atoms with van der Waals surface area (Å²) in [6.45, 7) is 0.0565. The van der Waals surface area contributed by atoms with E-state index in [-0.39, 0.29) is 6.61 Å². The van der Waals surface area contributed by atoms with E-state index in [9.17, 15) is 0 Å². The minimum Gasteiger partial charge on any atom is -0.396 e. The molecule has 0 aliphatic rings. The van der Waals surface area contributed by atoms with Crippen molar-refractivity contribution in [3.05, 3.63) is 46.2 Å². The first kappa shape index (κ1) is 11.5. The van der Waals surface area contributed by atoms with Crippen LogP contribution in [-0.4, -0.2) is 21.5 Å². The highest BCUT2D eigenvalue weighted by atomic mass is 35.5. The maximum Gasteiger partial charge on any atom is 0.136 e. The minimum atomic E-state index is 0.0565. The van der Waals surface area contributed by atoms with E-state index in [0.717, 1.165) is 11.3 Å². The molecule has 1 aromatic heterocycles. The van der Waals surface area contributed by atoms with Gasteiger partial charge in [-0.05, 0) is 18.2 Å². The highest BCUT2D eigenvalue weighted by molar-refractivity contribution is 6.31. The average molecular weight is 257 g/mol. The van der Waals surface area contributed by atoms with Gasteiger partial charge in [-0.3, -0.25) is 0 Å². The summed E-state index contributed by atoms with van der Waals surface area (Å²) in [6, 6.07) is 7.27. The summed E-state index contributed by atoms with van der Waals surface area (Å²) in [7, 11) is 0. The van der Waals surface area contributed by atoms with Gasteiger partial charge in [-0.1, -0.05) is 29.3 Å². The van der Waals surface area contributed by atoms with Crippen molar-refractivity contribution in [1.82, 2.24) is 9.78 Å². The van der Waals surface area contributed by atoms with Crippen LogP contribution in [0.4, 0.5) is 0 Å². The quantitative estimate of drug-likeness (QED) is 0.917. The first-order valence-electron chi connectivity index (χ1n) is 4.81. The lowest BCUT2D eigenvalue weighted by Crippen LogP contribution is -1.97. The summed E-state index contributed by atoms with van der Waals surface area (Å²) in [6.07, 6.45) is 2.15. The molecule has 1 heterocycles. The minimum absolute atomic E-state index is 0.0565. The normalized spacial score (nSPS) is 10.7. The Morgan fingerprint density at radius 1 is 1.31 bits per heavy atom. The summed E-state index contributed by atoms with van der Waals surface area (Å²) in [5.41, 5.74) is 1.63. The number of aliphatic hydroxyl groups is 1. The molecule has 0 fully saturated rings. The van der Waals surface area contributed by atoms with Gasteiger partial charge in [0.1, 0.15) is 5.15 Å². The van der Waals surface area contributed by atoms with E-state index in [2.05, 4.69) is 5.10 Å². The fourth-order valence-electron chi connectivity index (χ4n) is 1.44. The molecule has 1 N–H and O–H groups in total. The summed E-state index contributed by atoms with van der Waals surface area (Å²) < 4.78 is 1.60. The second-order valence-corrected chi connectivity index (χ2v) is 4.12. The van der Waals surface area contributed by atoms with Crippen molar-refractivity contribution in [1.29, 1.82) is 0 Å².